The highest BCUT2D eigenvalue weighted by molar-refractivity contribution is 6.36. The first-order valence-corrected chi connectivity index (χ1v) is 10.1. The lowest BCUT2D eigenvalue weighted by Crippen LogP contribution is -2.49. The standard InChI is InChI=1S/C20H19Cl2FN4O2/c21-12-9-16(22)19(24-11-12)26-7-5-14(6-8-26)25-17-10-18(28)27(20(17)29)15-3-1-13(23)2-4-15/h1-4,9,11,14,17,25H,5-8,10H2/t17-/m0/s1. The SMILES string of the molecule is O=C1C[C@H](NC2CCN(c3ncc(Cl)cc3Cl)CC2)C(=O)N1c1ccc(F)cc1. The number of aromatic nitrogens is 1. The van der Waals surface area contributed by atoms with Gasteiger partial charge in [-0.1, -0.05) is 23.2 Å². The lowest BCUT2D eigenvalue weighted by Gasteiger charge is -2.34. The minimum absolute atomic E-state index is 0.0982. The van der Waals surface area contributed by atoms with Gasteiger partial charge in [0, 0.05) is 25.3 Å². The van der Waals surface area contributed by atoms with E-state index in [0.717, 1.165) is 30.8 Å². The largest absolute Gasteiger partial charge is 0.355 e. The molecule has 3 heterocycles. The Morgan fingerprint density at radius 3 is 2.45 bits per heavy atom. The molecule has 0 aliphatic carbocycles. The predicted octanol–water partition coefficient (Wildman–Crippen LogP) is 3.42. The quantitative estimate of drug-likeness (QED) is 0.743. The van der Waals surface area contributed by atoms with Crippen LogP contribution in [0.25, 0.3) is 0 Å². The highest BCUT2D eigenvalue weighted by atomic mass is 35.5. The van der Waals surface area contributed by atoms with Crippen LogP contribution in [0.3, 0.4) is 0 Å². The van der Waals surface area contributed by atoms with Gasteiger partial charge in [-0.15, -0.1) is 0 Å². The summed E-state index contributed by atoms with van der Waals surface area (Å²) in [4.78, 5) is 32.6. The number of hydrogen-bond acceptors (Lipinski definition) is 5. The Hall–Kier alpha value is -2.22. The molecule has 0 radical (unpaired) electrons. The van der Waals surface area contributed by atoms with Crippen LogP contribution in [-0.2, 0) is 9.59 Å². The summed E-state index contributed by atoms with van der Waals surface area (Å²) in [6.07, 6.45) is 3.24. The van der Waals surface area contributed by atoms with Crippen molar-refractivity contribution >= 4 is 46.5 Å². The first-order valence-electron chi connectivity index (χ1n) is 9.37. The van der Waals surface area contributed by atoms with E-state index in [9.17, 15) is 14.0 Å². The topological polar surface area (TPSA) is 65.5 Å². The number of piperidine rings is 1. The summed E-state index contributed by atoms with van der Waals surface area (Å²) in [5.74, 6) is -0.297. The van der Waals surface area contributed by atoms with Crippen LogP contribution in [0.4, 0.5) is 15.9 Å². The van der Waals surface area contributed by atoms with E-state index < -0.39 is 11.9 Å². The van der Waals surface area contributed by atoms with Gasteiger partial charge >= 0.3 is 0 Å². The van der Waals surface area contributed by atoms with Gasteiger partial charge in [0.25, 0.3) is 5.91 Å². The van der Waals surface area contributed by atoms with E-state index in [1.165, 1.54) is 24.3 Å². The maximum atomic E-state index is 13.1. The van der Waals surface area contributed by atoms with Gasteiger partial charge in [0.2, 0.25) is 5.91 Å². The number of pyridine rings is 1. The fourth-order valence-corrected chi connectivity index (χ4v) is 4.31. The molecule has 0 saturated carbocycles. The van der Waals surface area contributed by atoms with Gasteiger partial charge in [-0.2, -0.15) is 0 Å². The van der Waals surface area contributed by atoms with Gasteiger partial charge in [0.05, 0.1) is 28.2 Å². The summed E-state index contributed by atoms with van der Waals surface area (Å²) in [5.41, 5.74) is 0.393. The van der Waals surface area contributed by atoms with Crippen molar-refractivity contribution in [1.29, 1.82) is 0 Å². The molecule has 2 aromatic rings. The molecule has 2 aliphatic rings. The highest BCUT2D eigenvalue weighted by Gasteiger charge is 2.40. The Morgan fingerprint density at radius 2 is 1.79 bits per heavy atom. The van der Waals surface area contributed by atoms with Gasteiger partial charge in [0.15, 0.2) is 0 Å². The van der Waals surface area contributed by atoms with Crippen molar-refractivity contribution in [2.45, 2.75) is 31.3 Å². The maximum absolute atomic E-state index is 13.1. The highest BCUT2D eigenvalue weighted by Crippen LogP contribution is 2.29. The van der Waals surface area contributed by atoms with E-state index in [2.05, 4.69) is 15.2 Å². The number of halogens is 3. The average molecular weight is 437 g/mol. The van der Waals surface area contributed by atoms with Crippen LogP contribution in [0.5, 0.6) is 0 Å². The number of hydrogen-bond donors (Lipinski definition) is 1. The summed E-state index contributed by atoms with van der Waals surface area (Å²) in [7, 11) is 0. The maximum Gasteiger partial charge on any atom is 0.251 e. The molecule has 0 bridgehead atoms. The minimum atomic E-state index is -0.568. The second kappa shape index (κ2) is 8.26. The van der Waals surface area contributed by atoms with Crippen molar-refractivity contribution in [3.05, 3.63) is 52.4 Å². The normalized spacial score (nSPS) is 20.6. The average Bonchev–Trinajstić information content (AvgIpc) is 2.97. The molecule has 4 rings (SSSR count). The lowest BCUT2D eigenvalue weighted by molar-refractivity contribution is -0.121. The molecule has 1 N–H and O–H groups in total. The summed E-state index contributed by atoms with van der Waals surface area (Å²) < 4.78 is 13.1. The first kappa shape index (κ1) is 20.1. The van der Waals surface area contributed by atoms with Gasteiger partial charge in [-0.05, 0) is 43.2 Å². The molecule has 152 valence electrons. The summed E-state index contributed by atoms with van der Waals surface area (Å²) in [6, 6.07) is 6.56. The molecule has 1 aromatic carbocycles. The molecule has 6 nitrogen and oxygen atoms in total. The summed E-state index contributed by atoms with van der Waals surface area (Å²) in [5, 5.41) is 4.32. The Balaban J connectivity index is 1.36. The number of rotatable bonds is 4. The molecule has 29 heavy (non-hydrogen) atoms. The van der Waals surface area contributed by atoms with Crippen molar-refractivity contribution in [2.24, 2.45) is 0 Å². The van der Waals surface area contributed by atoms with Crippen LogP contribution in [0.15, 0.2) is 36.5 Å². The number of anilines is 2. The fourth-order valence-electron chi connectivity index (χ4n) is 3.81. The Labute approximate surface area is 177 Å². The zero-order chi connectivity index (χ0) is 20.5. The number of nitrogens with one attached hydrogen (secondary N) is 1. The zero-order valence-corrected chi connectivity index (χ0v) is 17.0. The predicted molar refractivity (Wildman–Crippen MR) is 110 cm³/mol. The van der Waals surface area contributed by atoms with E-state index in [-0.39, 0.29) is 24.3 Å². The van der Waals surface area contributed by atoms with Gasteiger partial charge in [0.1, 0.15) is 11.6 Å². The molecule has 9 heteroatoms. The molecule has 2 amide bonds. The number of nitrogens with zero attached hydrogens (tertiary/aromatic N) is 3. The smallest absolute Gasteiger partial charge is 0.251 e. The second-order valence-electron chi connectivity index (χ2n) is 7.19. The zero-order valence-electron chi connectivity index (χ0n) is 15.4. The van der Waals surface area contributed by atoms with Gasteiger partial charge in [-0.25, -0.2) is 14.3 Å². The fraction of sp³-hybridized carbons (Fsp3) is 0.350. The van der Waals surface area contributed by atoms with Crippen LogP contribution in [-0.4, -0.2) is 42.0 Å². The van der Waals surface area contributed by atoms with Crippen molar-refractivity contribution in [3.63, 3.8) is 0 Å². The van der Waals surface area contributed by atoms with E-state index in [1.807, 2.05) is 0 Å². The van der Waals surface area contributed by atoms with E-state index >= 15 is 0 Å². The number of carbonyl (C=O) groups is 2. The Kier molecular flexibility index (Phi) is 5.72. The van der Waals surface area contributed by atoms with Gasteiger partial charge < -0.3 is 10.2 Å². The van der Waals surface area contributed by atoms with Crippen LogP contribution >= 0.6 is 23.2 Å². The monoisotopic (exact) mass is 436 g/mol. The molecule has 2 fully saturated rings. The third kappa shape index (κ3) is 4.22. The Morgan fingerprint density at radius 1 is 1.10 bits per heavy atom. The van der Waals surface area contributed by atoms with E-state index in [0.29, 0.717) is 21.6 Å². The van der Waals surface area contributed by atoms with Crippen molar-refractivity contribution in [3.8, 4) is 0 Å². The lowest BCUT2D eigenvalue weighted by atomic mass is 10.0. The van der Waals surface area contributed by atoms with Crippen molar-refractivity contribution in [2.75, 3.05) is 22.9 Å². The van der Waals surface area contributed by atoms with Crippen LogP contribution in [0.2, 0.25) is 10.0 Å². The summed E-state index contributed by atoms with van der Waals surface area (Å²) >= 11 is 12.1. The molecule has 0 spiro atoms. The first-order chi connectivity index (χ1) is 13.9. The van der Waals surface area contributed by atoms with Gasteiger partial charge in [-0.3, -0.25) is 9.59 Å². The number of carbonyl (C=O) groups excluding carboxylic acids is 2. The molecular weight excluding hydrogens is 418 g/mol. The van der Waals surface area contributed by atoms with Crippen LogP contribution in [0.1, 0.15) is 19.3 Å². The van der Waals surface area contributed by atoms with Crippen LogP contribution < -0.4 is 15.1 Å². The van der Waals surface area contributed by atoms with Crippen molar-refractivity contribution < 1.29 is 14.0 Å². The summed E-state index contributed by atoms with van der Waals surface area (Å²) in [6.45, 7) is 1.45. The third-order valence-corrected chi connectivity index (χ3v) is 5.74. The molecule has 1 aromatic heterocycles. The molecular formula is C20H19Cl2FN4O2. The molecule has 2 saturated heterocycles. The molecule has 0 unspecified atom stereocenters. The van der Waals surface area contributed by atoms with E-state index in [4.69, 9.17) is 23.2 Å². The second-order valence-corrected chi connectivity index (χ2v) is 8.03. The third-order valence-electron chi connectivity index (χ3n) is 5.25. The number of amides is 2. The molecule has 1 atom stereocenters. The number of benzene rings is 1. The minimum Gasteiger partial charge on any atom is -0.355 e. The van der Waals surface area contributed by atoms with Crippen molar-refractivity contribution in [1.82, 2.24) is 10.3 Å². The molecule has 2 aliphatic heterocycles. The van der Waals surface area contributed by atoms with Crippen LogP contribution in [0, 0.1) is 5.82 Å². The Bertz CT molecular complexity index is 933. The number of imide groups is 1. The van der Waals surface area contributed by atoms with E-state index in [1.54, 1.807) is 12.3 Å².